The second-order valence-corrected chi connectivity index (χ2v) is 7.34. The fraction of sp³-hybridized carbons (Fsp3) is 0.409. The van der Waals surface area contributed by atoms with E-state index in [1.165, 1.54) is 16.7 Å². The second kappa shape index (κ2) is 6.76. The molecule has 0 bridgehead atoms. The average molecular weight is 350 g/mol. The predicted molar refractivity (Wildman–Crippen MR) is 104 cm³/mol. The minimum Gasteiger partial charge on any atom is -0.394 e. The molecule has 4 heteroatoms. The van der Waals surface area contributed by atoms with Gasteiger partial charge >= 0.3 is 0 Å². The fourth-order valence-electron chi connectivity index (χ4n) is 4.75. The monoisotopic (exact) mass is 350 g/mol. The lowest BCUT2D eigenvalue weighted by Gasteiger charge is -2.44. The summed E-state index contributed by atoms with van der Waals surface area (Å²) in [5.41, 5.74) is 4.70. The number of hydrogen-bond donors (Lipinski definition) is 1. The van der Waals surface area contributed by atoms with Crippen molar-refractivity contribution in [3.8, 4) is 11.1 Å². The van der Waals surface area contributed by atoms with Crippen molar-refractivity contribution in [3.63, 3.8) is 0 Å². The van der Waals surface area contributed by atoms with Crippen LogP contribution in [-0.2, 0) is 4.79 Å². The van der Waals surface area contributed by atoms with Gasteiger partial charge in [0.2, 0.25) is 5.91 Å². The first-order chi connectivity index (χ1) is 12.7. The Morgan fingerprint density at radius 2 is 1.92 bits per heavy atom. The third-order valence-corrected chi connectivity index (χ3v) is 6.08. The summed E-state index contributed by atoms with van der Waals surface area (Å²) in [4.78, 5) is 16.8. The molecule has 2 aromatic carbocycles. The first-order valence-electron chi connectivity index (χ1n) is 9.48. The van der Waals surface area contributed by atoms with Crippen LogP contribution >= 0.6 is 0 Å². The van der Waals surface area contributed by atoms with Crippen molar-refractivity contribution < 1.29 is 9.90 Å². The Hall–Kier alpha value is -2.33. The summed E-state index contributed by atoms with van der Waals surface area (Å²) in [7, 11) is 2.06. The first-order valence-corrected chi connectivity index (χ1v) is 9.48. The van der Waals surface area contributed by atoms with Gasteiger partial charge in [-0.3, -0.25) is 4.79 Å². The Morgan fingerprint density at radius 1 is 1.15 bits per heavy atom. The van der Waals surface area contributed by atoms with Gasteiger partial charge in [0, 0.05) is 31.6 Å². The van der Waals surface area contributed by atoms with Gasteiger partial charge in [0.1, 0.15) is 0 Å². The molecule has 4 rings (SSSR count). The summed E-state index contributed by atoms with van der Waals surface area (Å²) >= 11 is 0. The Balaban J connectivity index is 1.84. The van der Waals surface area contributed by atoms with E-state index in [2.05, 4.69) is 42.3 Å². The van der Waals surface area contributed by atoms with Crippen LogP contribution in [0.4, 0.5) is 5.69 Å². The Labute approximate surface area is 155 Å². The highest BCUT2D eigenvalue weighted by Gasteiger charge is 2.47. The molecule has 0 radical (unpaired) electrons. The number of aliphatic hydroxyl groups excluding tert-OH is 1. The maximum atomic E-state index is 12.6. The number of likely N-dealkylation sites (N-methyl/N-ethyl adjacent to an activating group) is 1. The molecule has 0 aliphatic carbocycles. The van der Waals surface area contributed by atoms with Crippen LogP contribution in [0.25, 0.3) is 11.1 Å². The molecule has 4 nitrogen and oxygen atoms in total. The number of fused-ring (bicyclic) bond motifs is 3. The zero-order valence-corrected chi connectivity index (χ0v) is 15.4. The number of benzene rings is 2. The molecule has 2 heterocycles. The molecule has 3 atom stereocenters. The van der Waals surface area contributed by atoms with Gasteiger partial charge in [-0.05, 0) is 35.2 Å². The zero-order chi connectivity index (χ0) is 18.3. The third kappa shape index (κ3) is 2.60. The number of amides is 1. The highest BCUT2D eigenvalue weighted by molar-refractivity contribution is 5.78. The van der Waals surface area contributed by atoms with Gasteiger partial charge in [-0.25, -0.2) is 0 Å². The summed E-state index contributed by atoms with van der Waals surface area (Å²) in [5, 5.41) is 10.0. The highest BCUT2D eigenvalue weighted by atomic mass is 16.3. The lowest BCUT2D eigenvalue weighted by atomic mass is 9.81. The molecule has 0 saturated carbocycles. The largest absolute Gasteiger partial charge is 0.394 e. The first kappa shape index (κ1) is 17.1. The Morgan fingerprint density at radius 3 is 2.62 bits per heavy atom. The highest BCUT2D eigenvalue weighted by Crippen LogP contribution is 2.49. The number of nitrogens with zero attached hydrogens (tertiary/aromatic N) is 2. The number of hydrogen-bond acceptors (Lipinski definition) is 3. The number of anilines is 1. The van der Waals surface area contributed by atoms with Crippen LogP contribution in [0.2, 0.25) is 0 Å². The van der Waals surface area contributed by atoms with Gasteiger partial charge < -0.3 is 14.9 Å². The van der Waals surface area contributed by atoms with Crippen molar-refractivity contribution in [3.05, 3.63) is 54.1 Å². The van der Waals surface area contributed by atoms with Gasteiger partial charge in [-0.2, -0.15) is 0 Å². The van der Waals surface area contributed by atoms with E-state index in [1.807, 2.05) is 30.0 Å². The standard InChI is InChI=1S/C22H26N2O2/c1-3-21(26)24-12-11-17-20(14-25)23(2)19-10-9-16(13-18(19)22(17)24)15-7-5-4-6-8-15/h4-10,13,17,20,22,25H,3,11-12,14H2,1-2H3/t17-,20-,22-/m1/s1. The van der Waals surface area contributed by atoms with E-state index in [0.717, 1.165) is 18.7 Å². The molecule has 1 saturated heterocycles. The van der Waals surface area contributed by atoms with E-state index in [4.69, 9.17) is 0 Å². The molecule has 2 aliphatic rings. The Bertz CT molecular complexity index is 805. The number of aliphatic hydroxyl groups is 1. The van der Waals surface area contributed by atoms with E-state index in [1.54, 1.807) is 0 Å². The van der Waals surface area contributed by atoms with E-state index >= 15 is 0 Å². The smallest absolute Gasteiger partial charge is 0.222 e. The van der Waals surface area contributed by atoms with Gasteiger partial charge in [-0.1, -0.05) is 43.3 Å². The van der Waals surface area contributed by atoms with E-state index in [9.17, 15) is 9.90 Å². The van der Waals surface area contributed by atoms with Crippen molar-refractivity contribution >= 4 is 11.6 Å². The van der Waals surface area contributed by atoms with Crippen molar-refractivity contribution in [2.75, 3.05) is 25.1 Å². The van der Waals surface area contributed by atoms with Gasteiger partial charge in [0.05, 0.1) is 18.7 Å². The summed E-state index contributed by atoms with van der Waals surface area (Å²) in [6, 6.07) is 17.0. The van der Waals surface area contributed by atoms with Gasteiger partial charge in [0.15, 0.2) is 0 Å². The topological polar surface area (TPSA) is 43.8 Å². The number of rotatable bonds is 3. The molecule has 1 fully saturated rings. The fourth-order valence-corrected chi connectivity index (χ4v) is 4.75. The van der Waals surface area contributed by atoms with Crippen LogP contribution in [-0.4, -0.2) is 42.2 Å². The summed E-state index contributed by atoms with van der Waals surface area (Å²) < 4.78 is 0. The minimum atomic E-state index is 0.0599. The molecular weight excluding hydrogens is 324 g/mol. The number of carbonyl (C=O) groups excluding carboxylic acids is 1. The average Bonchev–Trinajstić information content (AvgIpc) is 3.13. The molecule has 0 aromatic heterocycles. The predicted octanol–water partition coefficient (Wildman–Crippen LogP) is 3.46. The van der Waals surface area contributed by atoms with Gasteiger partial charge in [0.25, 0.3) is 0 Å². The van der Waals surface area contributed by atoms with Crippen molar-refractivity contribution in [1.29, 1.82) is 0 Å². The van der Waals surface area contributed by atoms with Crippen molar-refractivity contribution in [2.45, 2.75) is 31.8 Å². The third-order valence-electron chi connectivity index (χ3n) is 6.08. The molecule has 1 N–H and O–H groups in total. The van der Waals surface area contributed by atoms with Crippen LogP contribution in [0.15, 0.2) is 48.5 Å². The molecule has 2 aromatic rings. The van der Waals surface area contributed by atoms with E-state index in [0.29, 0.717) is 6.42 Å². The second-order valence-electron chi connectivity index (χ2n) is 7.34. The number of carbonyl (C=O) groups is 1. The molecule has 0 spiro atoms. The van der Waals surface area contributed by atoms with Crippen LogP contribution in [0.5, 0.6) is 0 Å². The molecule has 1 amide bonds. The molecular formula is C22H26N2O2. The van der Waals surface area contributed by atoms with Crippen LogP contribution in [0.3, 0.4) is 0 Å². The van der Waals surface area contributed by atoms with E-state index < -0.39 is 0 Å². The quantitative estimate of drug-likeness (QED) is 0.922. The lowest BCUT2D eigenvalue weighted by molar-refractivity contribution is -0.132. The maximum Gasteiger partial charge on any atom is 0.222 e. The van der Waals surface area contributed by atoms with Crippen LogP contribution in [0, 0.1) is 5.92 Å². The van der Waals surface area contributed by atoms with Gasteiger partial charge in [-0.15, -0.1) is 0 Å². The van der Waals surface area contributed by atoms with Crippen molar-refractivity contribution in [1.82, 2.24) is 4.90 Å². The minimum absolute atomic E-state index is 0.0599. The summed E-state index contributed by atoms with van der Waals surface area (Å²) in [5.74, 6) is 0.480. The normalized spacial score (nSPS) is 24.3. The number of likely N-dealkylation sites (tertiary alicyclic amines) is 1. The van der Waals surface area contributed by atoms with E-state index in [-0.39, 0.29) is 30.5 Å². The zero-order valence-electron chi connectivity index (χ0n) is 15.4. The molecule has 2 aliphatic heterocycles. The molecule has 0 unspecified atom stereocenters. The van der Waals surface area contributed by atoms with Crippen LogP contribution in [0.1, 0.15) is 31.4 Å². The SMILES string of the molecule is CCC(=O)N1CC[C@@H]2[C@@H](CO)N(C)c3ccc(-c4ccccc4)cc3[C@@H]21. The summed E-state index contributed by atoms with van der Waals surface area (Å²) in [6.45, 7) is 2.82. The lowest BCUT2D eigenvalue weighted by Crippen LogP contribution is -2.48. The molecule has 136 valence electrons. The Kier molecular flexibility index (Phi) is 4.45. The maximum absolute atomic E-state index is 12.6. The van der Waals surface area contributed by atoms with Crippen LogP contribution < -0.4 is 4.90 Å². The summed E-state index contributed by atoms with van der Waals surface area (Å²) in [6.07, 6.45) is 1.47. The van der Waals surface area contributed by atoms with Crippen molar-refractivity contribution in [2.24, 2.45) is 5.92 Å². The molecule has 26 heavy (non-hydrogen) atoms.